The molecule has 2 aromatic rings. The van der Waals surface area contributed by atoms with Crippen LogP contribution < -0.4 is 9.47 Å². The van der Waals surface area contributed by atoms with E-state index in [2.05, 4.69) is 18.2 Å². The first kappa shape index (κ1) is 14.9. The number of fused-ring (bicyclic) bond motifs is 3. The van der Waals surface area contributed by atoms with Crippen molar-refractivity contribution in [2.45, 2.75) is 43.6 Å². The largest absolute Gasteiger partial charge is 0.497 e. The molecule has 0 saturated heterocycles. The van der Waals surface area contributed by atoms with E-state index in [9.17, 15) is 0 Å². The van der Waals surface area contributed by atoms with Gasteiger partial charge in [0.1, 0.15) is 17.6 Å². The zero-order valence-electron chi connectivity index (χ0n) is 13.3. The number of ether oxygens (including phenoxy) is 2. The number of hydrogen-bond acceptors (Lipinski definition) is 2. The molecule has 1 saturated carbocycles. The highest BCUT2D eigenvalue weighted by Gasteiger charge is 2.51. The Morgan fingerprint density at radius 2 is 1.91 bits per heavy atom. The van der Waals surface area contributed by atoms with E-state index in [1.165, 1.54) is 30.4 Å². The van der Waals surface area contributed by atoms with E-state index in [4.69, 9.17) is 21.1 Å². The summed E-state index contributed by atoms with van der Waals surface area (Å²) in [7, 11) is 1.70. The predicted molar refractivity (Wildman–Crippen MR) is 92.7 cm³/mol. The lowest BCUT2D eigenvalue weighted by Crippen LogP contribution is -2.38. The molecule has 2 unspecified atom stereocenters. The Labute approximate surface area is 142 Å². The van der Waals surface area contributed by atoms with Crippen molar-refractivity contribution in [2.24, 2.45) is 0 Å². The molecular formula is C20H21ClO2. The molecule has 0 radical (unpaired) electrons. The topological polar surface area (TPSA) is 18.5 Å². The molecule has 4 rings (SSSR count). The van der Waals surface area contributed by atoms with Crippen molar-refractivity contribution < 1.29 is 9.47 Å². The average molecular weight is 329 g/mol. The molecular weight excluding hydrogens is 308 g/mol. The first-order valence-corrected chi connectivity index (χ1v) is 8.74. The Kier molecular flexibility index (Phi) is 3.73. The molecule has 120 valence electrons. The Hall–Kier alpha value is -1.67. The minimum absolute atomic E-state index is 0.129. The van der Waals surface area contributed by atoms with Crippen molar-refractivity contribution in [1.82, 2.24) is 0 Å². The van der Waals surface area contributed by atoms with Gasteiger partial charge in [0, 0.05) is 10.6 Å². The molecule has 23 heavy (non-hydrogen) atoms. The number of benzene rings is 2. The quantitative estimate of drug-likeness (QED) is 0.738. The van der Waals surface area contributed by atoms with Gasteiger partial charge in [0.15, 0.2) is 0 Å². The van der Waals surface area contributed by atoms with Crippen molar-refractivity contribution in [3.05, 3.63) is 58.6 Å². The monoisotopic (exact) mass is 328 g/mol. The van der Waals surface area contributed by atoms with Gasteiger partial charge >= 0.3 is 0 Å². The van der Waals surface area contributed by atoms with Crippen LogP contribution in [0.4, 0.5) is 0 Å². The maximum atomic E-state index is 6.64. The van der Waals surface area contributed by atoms with Gasteiger partial charge in [-0.25, -0.2) is 0 Å². The van der Waals surface area contributed by atoms with Crippen LogP contribution in [0.25, 0.3) is 0 Å². The van der Waals surface area contributed by atoms with Crippen LogP contribution in [0.1, 0.15) is 43.2 Å². The van der Waals surface area contributed by atoms with Gasteiger partial charge in [-0.05, 0) is 49.1 Å². The highest BCUT2D eigenvalue weighted by Crippen LogP contribution is 2.55. The summed E-state index contributed by atoms with van der Waals surface area (Å²) in [6, 6.07) is 14.5. The van der Waals surface area contributed by atoms with E-state index in [1.807, 2.05) is 24.3 Å². The summed E-state index contributed by atoms with van der Waals surface area (Å²) < 4.78 is 11.7. The van der Waals surface area contributed by atoms with Crippen molar-refractivity contribution in [2.75, 3.05) is 7.11 Å². The fourth-order valence-electron chi connectivity index (χ4n) is 4.31. The van der Waals surface area contributed by atoms with Crippen LogP contribution in [0.2, 0.25) is 5.02 Å². The van der Waals surface area contributed by atoms with Crippen molar-refractivity contribution in [3.63, 3.8) is 0 Å². The average Bonchev–Trinajstić information content (AvgIpc) is 2.76. The van der Waals surface area contributed by atoms with E-state index < -0.39 is 0 Å². The van der Waals surface area contributed by atoms with Gasteiger partial charge in [-0.15, -0.1) is 0 Å². The molecule has 2 aromatic carbocycles. The molecule has 2 nitrogen and oxygen atoms in total. The van der Waals surface area contributed by atoms with E-state index in [1.54, 1.807) is 7.11 Å². The van der Waals surface area contributed by atoms with Crippen molar-refractivity contribution in [1.29, 1.82) is 0 Å². The lowest BCUT2D eigenvalue weighted by atomic mass is 9.68. The summed E-state index contributed by atoms with van der Waals surface area (Å²) in [6.45, 7) is 0. The molecule has 1 heterocycles. The highest BCUT2D eigenvalue weighted by atomic mass is 35.5. The standard InChI is InChI=1S/C20H21ClO2/c1-22-15-11-9-14(10-12-15)20-13-4-2-3-8-18(20)23-17-7-5-6-16(21)19(17)20/h5-7,9-12,18H,2-4,8,13H2,1H3. The van der Waals surface area contributed by atoms with Gasteiger partial charge in [0.05, 0.1) is 12.5 Å². The summed E-state index contributed by atoms with van der Waals surface area (Å²) in [5, 5.41) is 0.822. The molecule has 2 atom stereocenters. The third-order valence-corrected chi connectivity index (χ3v) is 5.70. The lowest BCUT2D eigenvalue weighted by Gasteiger charge is -2.34. The normalized spacial score (nSPS) is 25.9. The maximum absolute atomic E-state index is 6.64. The third kappa shape index (κ3) is 2.23. The maximum Gasteiger partial charge on any atom is 0.125 e. The van der Waals surface area contributed by atoms with E-state index in [-0.39, 0.29) is 11.5 Å². The molecule has 0 N–H and O–H groups in total. The highest BCUT2D eigenvalue weighted by molar-refractivity contribution is 6.31. The van der Waals surface area contributed by atoms with Gasteiger partial charge < -0.3 is 9.47 Å². The van der Waals surface area contributed by atoms with Crippen molar-refractivity contribution >= 4 is 11.6 Å². The van der Waals surface area contributed by atoms with Crippen molar-refractivity contribution in [3.8, 4) is 11.5 Å². The van der Waals surface area contributed by atoms with Gasteiger partial charge in [0.2, 0.25) is 0 Å². The van der Waals surface area contributed by atoms with Crippen LogP contribution in [0.5, 0.6) is 11.5 Å². The SMILES string of the molecule is COc1ccc(C23CCCCCC2Oc2cccc(Cl)c23)cc1. The fraction of sp³-hybridized carbons (Fsp3) is 0.400. The van der Waals surface area contributed by atoms with E-state index in [0.29, 0.717) is 0 Å². The molecule has 1 aliphatic carbocycles. The lowest BCUT2D eigenvalue weighted by molar-refractivity contribution is 0.159. The molecule has 1 fully saturated rings. The summed E-state index contributed by atoms with van der Waals surface area (Å²) in [6.07, 6.45) is 6.02. The molecule has 2 aliphatic rings. The molecule has 3 heteroatoms. The number of halogens is 1. The van der Waals surface area contributed by atoms with Crippen LogP contribution in [0, 0.1) is 0 Å². The summed E-state index contributed by atoms with van der Waals surface area (Å²) in [5.74, 6) is 1.84. The molecule has 0 spiro atoms. The van der Waals surface area contributed by atoms with Gasteiger partial charge in [-0.3, -0.25) is 0 Å². The number of rotatable bonds is 2. The molecule has 1 aliphatic heterocycles. The summed E-state index contributed by atoms with van der Waals surface area (Å²) >= 11 is 6.64. The van der Waals surface area contributed by atoms with Crippen LogP contribution >= 0.6 is 11.6 Å². The van der Waals surface area contributed by atoms with Crippen LogP contribution in [-0.2, 0) is 5.41 Å². The Morgan fingerprint density at radius 1 is 1.09 bits per heavy atom. The zero-order valence-corrected chi connectivity index (χ0v) is 14.1. The summed E-state index contributed by atoms with van der Waals surface area (Å²) in [5.41, 5.74) is 2.34. The summed E-state index contributed by atoms with van der Waals surface area (Å²) in [4.78, 5) is 0. The smallest absolute Gasteiger partial charge is 0.125 e. The van der Waals surface area contributed by atoms with Gasteiger partial charge in [-0.2, -0.15) is 0 Å². The second-order valence-electron chi connectivity index (χ2n) is 6.52. The first-order chi connectivity index (χ1) is 11.3. The van der Waals surface area contributed by atoms with E-state index in [0.717, 1.165) is 29.4 Å². The number of methoxy groups -OCH3 is 1. The Morgan fingerprint density at radius 3 is 2.70 bits per heavy atom. The minimum Gasteiger partial charge on any atom is -0.497 e. The van der Waals surface area contributed by atoms with Gasteiger partial charge in [-0.1, -0.05) is 42.6 Å². The van der Waals surface area contributed by atoms with E-state index >= 15 is 0 Å². The molecule has 0 bridgehead atoms. The minimum atomic E-state index is -0.129. The second-order valence-corrected chi connectivity index (χ2v) is 6.93. The van der Waals surface area contributed by atoms with Gasteiger partial charge in [0.25, 0.3) is 0 Å². The Bertz CT molecular complexity index is 710. The second kappa shape index (κ2) is 5.76. The molecule has 0 amide bonds. The molecule has 0 aromatic heterocycles. The Balaban J connectivity index is 1.92. The van der Waals surface area contributed by atoms with Crippen LogP contribution in [0.15, 0.2) is 42.5 Å². The first-order valence-electron chi connectivity index (χ1n) is 8.36. The third-order valence-electron chi connectivity index (χ3n) is 5.38. The fourth-order valence-corrected chi connectivity index (χ4v) is 4.65. The number of hydrogen-bond donors (Lipinski definition) is 0. The zero-order chi connectivity index (χ0) is 15.9. The predicted octanol–water partition coefficient (Wildman–Crippen LogP) is 5.36. The van der Waals surface area contributed by atoms with Crippen LogP contribution in [0.3, 0.4) is 0 Å². The van der Waals surface area contributed by atoms with Crippen LogP contribution in [-0.4, -0.2) is 13.2 Å².